The van der Waals surface area contributed by atoms with E-state index >= 15 is 0 Å². The zero-order chi connectivity index (χ0) is 18.8. The number of hydrogen-bond donors (Lipinski definition) is 1. The predicted octanol–water partition coefficient (Wildman–Crippen LogP) is 3.67. The van der Waals surface area contributed by atoms with Crippen LogP contribution in [0.25, 0.3) is 5.65 Å². The number of carbonyl (C=O) groups is 1. The molecular weight excluding hydrogens is 342 g/mol. The minimum absolute atomic E-state index is 0.0194. The summed E-state index contributed by atoms with van der Waals surface area (Å²) in [5.74, 6) is -1.14. The van der Waals surface area contributed by atoms with Crippen LogP contribution >= 0.6 is 0 Å². The third kappa shape index (κ3) is 3.07. The van der Waals surface area contributed by atoms with E-state index < -0.39 is 10.9 Å². The fourth-order valence-corrected chi connectivity index (χ4v) is 2.36. The Kier molecular flexibility index (Phi) is 4.31. The Bertz CT molecular complexity index is 1060. The molecule has 0 saturated heterocycles. The number of nitro benzene ring substituents is 1. The lowest BCUT2D eigenvalue weighted by atomic mass is 10.2. The van der Waals surface area contributed by atoms with Gasteiger partial charge in [-0.15, -0.1) is 10.2 Å². The fourth-order valence-electron chi connectivity index (χ4n) is 2.36. The molecule has 3 aromatic rings. The molecule has 0 saturated carbocycles. The second-order valence-corrected chi connectivity index (χ2v) is 5.33. The highest BCUT2D eigenvalue weighted by molar-refractivity contribution is 5.91. The van der Waals surface area contributed by atoms with Gasteiger partial charge < -0.3 is 9.84 Å². The molecule has 0 aliphatic rings. The molecule has 0 amide bonds. The molecule has 2 aromatic heterocycles. The molecule has 0 bridgehead atoms. The summed E-state index contributed by atoms with van der Waals surface area (Å²) in [5, 5.41) is 28.3. The number of nitro groups is 1. The predicted molar refractivity (Wildman–Crippen MR) is 90.7 cm³/mol. The number of fused-ring (bicyclic) bond motifs is 1. The third-order valence-corrected chi connectivity index (χ3v) is 3.58. The number of aryl methyl sites for hydroxylation is 1. The average Bonchev–Trinajstić information content (AvgIpc) is 2.97. The first-order chi connectivity index (χ1) is 12.4. The van der Waals surface area contributed by atoms with Gasteiger partial charge in [0.2, 0.25) is 0 Å². The number of aromatic nitrogens is 2. The smallest absolute Gasteiger partial charge is 0.358 e. The zero-order valence-electron chi connectivity index (χ0n) is 13.8. The van der Waals surface area contributed by atoms with Crippen molar-refractivity contribution in [2.24, 2.45) is 10.2 Å². The number of rotatable bonds is 5. The molecule has 2 heterocycles. The number of benzene rings is 1. The highest BCUT2D eigenvalue weighted by Crippen LogP contribution is 2.32. The summed E-state index contributed by atoms with van der Waals surface area (Å²) in [6, 6.07) is 7.54. The number of carboxylic acids is 1. The van der Waals surface area contributed by atoms with E-state index in [1.54, 1.807) is 18.3 Å². The lowest BCUT2D eigenvalue weighted by Gasteiger charge is -2.01. The lowest BCUT2D eigenvalue weighted by molar-refractivity contribution is -0.385. The number of hydrogen-bond acceptors (Lipinski definition) is 7. The Hall–Kier alpha value is -3.82. The Labute approximate surface area is 146 Å². The number of aromatic carboxylic acids is 1. The molecule has 0 fully saturated rings. The van der Waals surface area contributed by atoms with Crippen LogP contribution in [0.1, 0.15) is 16.1 Å². The van der Waals surface area contributed by atoms with Crippen molar-refractivity contribution >= 4 is 28.8 Å². The maximum Gasteiger partial charge on any atom is 0.358 e. The van der Waals surface area contributed by atoms with Crippen molar-refractivity contribution < 1.29 is 19.6 Å². The standard InChI is InChI=1S/C16H13N5O5/c1-9-5-6-20-13(7-9)17-14(16(22)23)15(20)19-18-10-3-4-12(26-2)11(8-10)21(24)25/h3-8H,1-2H3,(H,22,23). The Balaban J connectivity index is 2.08. The van der Waals surface area contributed by atoms with Gasteiger partial charge in [-0.3, -0.25) is 14.5 Å². The van der Waals surface area contributed by atoms with Crippen LogP contribution < -0.4 is 4.74 Å². The number of pyridine rings is 1. The molecule has 0 radical (unpaired) electrons. The molecular formula is C16H13N5O5. The second-order valence-electron chi connectivity index (χ2n) is 5.33. The SMILES string of the molecule is COc1ccc(N=Nc2c(C(=O)O)nc3cc(C)ccn23)cc1[N+](=O)[O-]. The largest absolute Gasteiger partial charge is 0.490 e. The van der Waals surface area contributed by atoms with Crippen LogP contribution in [0, 0.1) is 17.0 Å². The topological polar surface area (TPSA) is 132 Å². The van der Waals surface area contributed by atoms with Crippen molar-refractivity contribution in [2.45, 2.75) is 6.92 Å². The maximum atomic E-state index is 11.4. The van der Waals surface area contributed by atoms with Gasteiger partial charge in [0, 0.05) is 12.3 Å². The van der Waals surface area contributed by atoms with Gasteiger partial charge >= 0.3 is 11.7 Å². The van der Waals surface area contributed by atoms with Gasteiger partial charge in [0.05, 0.1) is 17.7 Å². The Morgan fingerprint density at radius 2 is 2.08 bits per heavy atom. The summed E-state index contributed by atoms with van der Waals surface area (Å²) in [4.78, 5) is 25.9. The van der Waals surface area contributed by atoms with Gasteiger partial charge in [-0.05, 0) is 36.8 Å². The third-order valence-electron chi connectivity index (χ3n) is 3.58. The normalized spacial score (nSPS) is 11.2. The Morgan fingerprint density at radius 1 is 1.31 bits per heavy atom. The molecule has 132 valence electrons. The first-order valence-electron chi connectivity index (χ1n) is 7.37. The molecule has 1 N–H and O–H groups in total. The molecule has 1 aromatic carbocycles. The summed E-state index contributed by atoms with van der Waals surface area (Å²) in [5.41, 5.74) is 0.972. The van der Waals surface area contributed by atoms with Gasteiger partial charge in [0.25, 0.3) is 0 Å². The van der Waals surface area contributed by atoms with Crippen LogP contribution in [-0.4, -0.2) is 32.5 Å². The van der Waals surface area contributed by atoms with Crippen LogP contribution in [0.4, 0.5) is 17.2 Å². The number of carboxylic acid groups (broad SMARTS) is 1. The van der Waals surface area contributed by atoms with E-state index in [2.05, 4.69) is 15.2 Å². The molecule has 10 nitrogen and oxygen atoms in total. The van der Waals surface area contributed by atoms with Crippen molar-refractivity contribution in [3.05, 3.63) is 57.9 Å². The highest BCUT2D eigenvalue weighted by Gasteiger charge is 2.19. The van der Waals surface area contributed by atoms with Gasteiger partial charge in [-0.2, -0.15) is 0 Å². The molecule has 3 rings (SSSR count). The summed E-state index contributed by atoms with van der Waals surface area (Å²) < 4.78 is 6.41. The number of nitrogens with zero attached hydrogens (tertiary/aromatic N) is 5. The quantitative estimate of drug-likeness (QED) is 0.422. The van der Waals surface area contributed by atoms with E-state index in [0.717, 1.165) is 5.56 Å². The van der Waals surface area contributed by atoms with Gasteiger partial charge in [0.1, 0.15) is 5.65 Å². The van der Waals surface area contributed by atoms with Crippen molar-refractivity contribution in [3.8, 4) is 5.75 Å². The minimum atomic E-state index is -1.25. The van der Waals surface area contributed by atoms with Gasteiger partial charge in [-0.25, -0.2) is 9.78 Å². The molecule has 10 heteroatoms. The summed E-state index contributed by atoms with van der Waals surface area (Å²) in [6.07, 6.45) is 1.63. The van der Waals surface area contributed by atoms with E-state index in [9.17, 15) is 20.0 Å². The van der Waals surface area contributed by atoms with Crippen molar-refractivity contribution in [1.29, 1.82) is 0 Å². The van der Waals surface area contributed by atoms with E-state index in [0.29, 0.717) is 5.65 Å². The first-order valence-corrected chi connectivity index (χ1v) is 7.37. The maximum absolute atomic E-state index is 11.4. The van der Waals surface area contributed by atoms with Crippen molar-refractivity contribution in [3.63, 3.8) is 0 Å². The van der Waals surface area contributed by atoms with E-state index in [1.807, 2.05) is 6.92 Å². The molecule has 26 heavy (non-hydrogen) atoms. The molecule has 0 aliphatic carbocycles. The second kappa shape index (κ2) is 6.59. The zero-order valence-corrected chi connectivity index (χ0v) is 13.8. The number of azo groups is 1. The van der Waals surface area contributed by atoms with E-state index in [4.69, 9.17) is 4.74 Å². The molecule has 0 spiro atoms. The van der Waals surface area contributed by atoms with Crippen molar-refractivity contribution in [1.82, 2.24) is 9.38 Å². The van der Waals surface area contributed by atoms with Crippen LogP contribution in [0.2, 0.25) is 0 Å². The summed E-state index contributed by atoms with van der Waals surface area (Å²) >= 11 is 0. The average molecular weight is 355 g/mol. The first kappa shape index (κ1) is 17.0. The highest BCUT2D eigenvalue weighted by atomic mass is 16.6. The monoisotopic (exact) mass is 355 g/mol. The van der Waals surface area contributed by atoms with Gasteiger partial charge in [0.15, 0.2) is 17.3 Å². The van der Waals surface area contributed by atoms with Gasteiger partial charge in [-0.1, -0.05) is 0 Å². The van der Waals surface area contributed by atoms with Crippen LogP contribution in [0.5, 0.6) is 5.75 Å². The van der Waals surface area contributed by atoms with Crippen molar-refractivity contribution in [2.75, 3.05) is 7.11 Å². The summed E-state index contributed by atoms with van der Waals surface area (Å²) in [6.45, 7) is 1.85. The summed E-state index contributed by atoms with van der Waals surface area (Å²) in [7, 11) is 1.32. The fraction of sp³-hybridized carbons (Fsp3) is 0.125. The van der Waals surface area contributed by atoms with Crippen LogP contribution in [0.15, 0.2) is 46.8 Å². The van der Waals surface area contributed by atoms with Crippen LogP contribution in [0.3, 0.4) is 0 Å². The number of ether oxygens (including phenoxy) is 1. The molecule has 0 atom stereocenters. The number of methoxy groups -OCH3 is 1. The minimum Gasteiger partial charge on any atom is -0.490 e. The lowest BCUT2D eigenvalue weighted by Crippen LogP contribution is -1.96. The van der Waals surface area contributed by atoms with E-state index in [-0.39, 0.29) is 28.6 Å². The van der Waals surface area contributed by atoms with E-state index in [1.165, 1.54) is 29.7 Å². The Morgan fingerprint density at radius 3 is 2.73 bits per heavy atom. The number of imidazole rings is 1. The molecule has 0 unspecified atom stereocenters. The molecule has 0 aliphatic heterocycles. The van der Waals surface area contributed by atoms with Crippen LogP contribution in [-0.2, 0) is 0 Å².